The van der Waals surface area contributed by atoms with Crippen LogP contribution in [0.5, 0.6) is 0 Å². The average Bonchev–Trinajstić information content (AvgIpc) is 0.903. The Labute approximate surface area is 565 Å². The van der Waals surface area contributed by atoms with Crippen LogP contribution in [0.15, 0.2) is 388 Å². The van der Waals surface area contributed by atoms with E-state index in [0.717, 1.165) is 125 Å². The van der Waals surface area contributed by atoms with E-state index < -0.39 is 0 Å². The average molecular weight is 1240 g/mol. The molecule has 0 spiro atoms. The Kier molecular flexibility index (Phi) is 18.2. The number of hydrogen-bond donors (Lipinski definition) is 0. The summed E-state index contributed by atoms with van der Waals surface area (Å²) in [5, 5.41) is 0. The molecule has 0 saturated carbocycles. The maximum Gasteiger partial charge on any atom is 0.0492 e. The van der Waals surface area contributed by atoms with Gasteiger partial charge in [-0.15, -0.1) is 0 Å². The SMILES string of the molecule is CC/C(C)=C(/c1ccc(N(c2ccc(N(c3ccccc3)c3ccccc3)cc2)c2ccc(N(c3ccccc3)c3ccccc3)cc2)cc1)c1ccc(N(c2ccc(N(c3ccccc3)c3ccccc3)cc2)c2ccc(N(c3ccccc3)c3ccccc3)c(C)c2)cc1. The highest BCUT2D eigenvalue weighted by Gasteiger charge is 2.23. The lowest BCUT2D eigenvalue weighted by Gasteiger charge is -2.30. The van der Waals surface area contributed by atoms with Crippen molar-refractivity contribution in [2.75, 3.05) is 29.4 Å². The van der Waals surface area contributed by atoms with Crippen LogP contribution in [0.25, 0.3) is 5.57 Å². The quantitative estimate of drug-likeness (QED) is 0.0709. The van der Waals surface area contributed by atoms with Crippen molar-refractivity contribution in [3.63, 3.8) is 0 Å². The first-order valence-electron chi connectivity index (χ1n) is 33.0. The van der Waals surface area contributed by atoms with E-state index in [0.29, 0.717) is 0 Å². The molecule has 14 aromatic rings. The minimum absolute atomic E-state index is 0.895. The van der Waals surface area contributed by atoms with Crippen molar-refractivity contribution < 1.29 is 0 Å². The summed E-state index contributed by atoms with van der Waals surface area (Å²) in [5.41, 5.74) is 25.3. The summed E-state index contributed by atoms with van der Waals surface area (Å²) in [4.78, 5) is 14.0. The summed E-state index contributed by atoms with van der Waals surface area (Å²) in [6.45, 7) is 6.75. The number of nitrogens with zero attached hydrogens (tertiary/aromatic N) is 6. The van der Waals surface area contributed by atoms with Crippen LogP contribution < -0.4 is 29.4 Å². The van der Waals surface area contributed by atoms with Gasteiger partial charge in [-0.05, 0) is 255 Å². The molecule has 0 bridgehead atoms. The van der Waals surface area contributed by atoms with Crippen LogP contribution in [-0.2, 0) is 0 Å². The largest absolute Gasteiger partial charge is 0.311 e. The first-order valence-corrected chi connectivity index (χ1v) is 33.0. The van der Waals surface area contributed by atoms with E-state index in [2.05, 4.69) is 432 Å². The molecule has 464 valence electrons. The van der Waals surface area contributed by atoms with E-state index in [-0.39, 0.29) is 0 Å². The van der Waals surface area contributed by atoms with Gasteiger partial charge in [0.1, 0.15) is 0 Å². The van der Waals surface area contributed by atoms with Crippen LogP contribution in [-0.4, -0.2) is 0 Å². The zero-order valence-electron chi connectivity index (χ0n) is 54.3. The van der Waals surface area contributed by atoms with Gasteiger partial charge in [-0.3, -0.25) is 0 Å². The monoisotopic (exact) mass is 1240 g/mol. The molecule has 0 aliphatic rings. The van der Waals surface area contributed by atoms with Gasteiger partial charge in [-0.25, -0.2) is 0 Å². The summed E-state index contributed by atoms with van der Waals surface area (Å²) >= 11 is 0. The maximum atomic E-state index is 2.38. The molecule has 0 fully saturated rings. The molecule has 0 aromatic heterocycles. The molecule has 96 heavy (non-hydrogen) atoms. The Bertz CT molecular complexity index is 4530. The second-order valence-corrected chi connectivity index (χ2v) is 23.8. The van der Waals surface area contributed by atoms with Gasteiger partial charge in [-0.2, -0.15) is 0 Å². The van der Waals surface area contributed by atoms with Crippen LogP contribution in [0, 0.1) is 6.92 Å². The minimum Gasteiger partial charge on any atom is -0.311 e. The van der Waals surface area contributed by atoms with E-state index in [9.17, 15) is 0 Å². The van der Waals surface area contributed by atoms with E-state index in [1.165, 1.54) is 11.1 Å². The molecule has 0 atom stereocenters. The number of anilines is 18. The van der Waals surface area contributed by atoms with Crippen molar-refractivity contribution in [3.05, 3.63) is 404 Å². The van der Waals surface area contributed by atoms with Gasteiger partial charge in [0.2, 0.25) is 0 Å². The fourth-order valence-electron chi connectivity index (χ4n) is 13.0. The molecule has 14 aromatic carbocycles. The Morgan fingerprint density at radius 1 is 0.208 bits per heavy atom. The molecule has 0 aliphatic heterocycles. The van der Waals surface area contributed by atoms with Gasteiger partial charge < -0.3 is 29.4 Å². The molecular formula is C90H74N6. The third-order valence-corrected chi connectivity index (χ3v) is 17.7. The highest BCUT2D eigenvalue weighted by atomic mass is 15.2. The van der Waals surface area contributed by atoms with Crippen molar-refractivity contribution in [2.24, 2.45) is 0 Å². The number of aryl methyl sites for hydroxylation is 1. The smallest absolute Gasteiger partial charge is 0.0492 e. The number of allylic oxidation sites excluding steroid dienone is 1. The van der Waals surface area contributed by atoms with Crippen molar-refractivity contribution in [2.45, 2.75) is 27.2 Å². The Balaban J connectivity index is 0.829. The topological polar surface area (TPSA) is 19.4 Å². The number of rotatable bonds is 21. The zero-order chi connectivity index (χ0) is 65.0. The highest BCUT2D eigenvalue weighted by Crippen LogP contribution is 2.46. The normalized spacial score (nSPS) is 11.3. The molecule has 0 amide bonds. The lowest BCUT2D eigenvalue weighted by molar-refractivity contribution is 1.10. The summed E-state index contributed by atoms with van der Waals surface area (Å²) in [6.07, 6.45) is 0.895. The number of benzene rings is 14. The molecule has 6 heteroatoms. The summed E-state index contributed by atoms with van der Waals surface area (Å²) in [5.74, 6) is 0. The van der Waals surface area contributed by atoms with Gasteiger partial charge in [0.25, 0.3) is 0 Å². The first kappa shape index (κ1) is 61.1. The summed E-state index contributed by atoms with van der Waals surface area (Å²) < 4.78 is 0. The highest BCUT2D eigenvalue weighted by molar-refractivity contribution is 5.89. The van der Waals surface area contributed by atoms with Crippen molar-refractivity contribution in [3.8, 4) is 0 Å². The molecule has 0 radical (unpaired) electrons. The minimum atomic E-state index is 0.895. The molecule has 0 heterocycles. The lowest BCUT2D eigenvalue weighted by Crippen LogP contribution is -2.14. The van der Waals surface area contributed by atoms with E-state index in [1.54, 1.807) is 0 Å². The third-order valence-electron chi connectivity index (χ3n) is 17.7. The van der Waals surface area contributed by atoms with Gasteiger partial charge >= 0.3 is 0 Å². The summed E-state index contributed by atoms with van der Waals surface area (Å²) in [6, 6.07) is 137. The van der Waals surface area contributed by atoms with E-state index in [1.807, 2.05) is 0 Å². The van der Waals surface area contributed by atoms with Gasteiger partial charge in [0.15, 0.2) is 0 Å². The van der Waals surface area contributed by atoms with Crippen LogP contribution in [0.3, 0.4) is 0 Å². The van der Waals surface area contributed by atoms with Crippen LogP contribution in [0.4, 0.5) is 102 Å². The Hall–Kier alpha value is -12.4. The zero-order valence-corrected chi connectivity index (χ0v) is 54.3. The third kappa shape index (κ3) is 13.2. The number of hydrogen-bond acceptors (Lipinski definition) is 6. The van der Waals surface area contributed by atoms with Gasteiger partial charge in [-0.1, -0.05) is 182 Å². The van der Waals surface area contributed by atoms with Crippen LogP contribution in [0.2, 0.25) is 0 Å². The standard InChI is InChI=1S/C90H74N6/c1-4-68(2)90(70-45-49-80(50-46-70)94(85-57-53-82(54-58-85)91(72-29-13-5-14-30-72)73-31-15-6-16-32-73)86-59-55-83(56-60-86)92(74-33-17-7-18-34-74)75-35-19-8-20-36-75)71-47-51-81(52-48-71)95(87-63-61-84(62-64-87)93(76-37-21-9-22-38-76)77-39-23-10-24-40-77)88-65-66-89(69(3)67-88)96(78-41-25-11-26-42-78)79-43-27-12-28-44-79/h5-67H,4H2,1-3H3/b90-68-. The van der Waals surface area contributed by atoms with Crippen LogP contribution >= 0.6 is 0 Å². The maximum absolute atomic E-state index is 2.38. The molecule has 0 aliphatic carbocycles. The molecule has 14 rings (SSSR count). The fourth-order valence-corrected chi connectivity index (χ4v) is 13.0. The van der Waals surface area contributed by atoms with E-state index >= 15 is 0 Å². The van der Waals surface area contributed by atoms with Gasteiger partial charge in [0, 0.05) is 102 Å². The lowest BCUT2D eigenvalue weighted by atomic mass is 9.92. The number of para-hydroxylation sites is 8. The second kappa shape index (κ2) is 28.6. The predicted molar refractivity (Wildman–Crippen MR) is 408 cm³/mol. The predicted octanol–water partition coefficient (Wildman–Crippen LogP) is 26.0. The van der Waals surface area contributed by atoms with E-state index in [4.69, 9.17) is 0 Å². The van der Waals surface area contributed by atoms with Gasteiger partial charge in [0.05, 0.1) is 0 Å². The van der Waals surface area contributed by atoms with Crippen molar-refractivity contribution in [1.29, 1.82) is 0 Å². The Morgan fingerprint density at radius 2 is 0.385 bits per heavy atom. The molecule has 0 saturated heterocycles. The first-order chi connectivity index (χ1) is 47.4. The molecule has 6 nitrogen and oxygen atoms in total. The molecule has 0 N–H and O–H groups in total. The summed E-state index contributed by atoms with van der Waals surface area (Å²) in [7, 11) is 0. The molecule has 0 unspecified atom stereocenters. The molecular weight excluding hydrogens is 1170 g/mol. The fraction of sp³-hybridized carbons (Fsp3) is 0.0444. The van der Waals surface area contributed by atoms with Crippen molar-refractivity contribution >= 4 is 108 Å². The Morgan fingerprint density at radius 3 is 0.594 bits per heavy atom. The van der Waals surface area contributed by atoms with Crippen LogP contribution in [0.1, 0.15) is 37.0 Å². The second-order valence-electron chi connectivity index (χ2n) is 23.8. The van der Waals surface area contributed by atoms with Crippen molar-refractivity contribution in [1.82, 2.24) is 0 Å².